The summed E-state index contributed by atoms with van der Waals surface area (Å²) < 4.78 is 24.5. The summed E-state index contributed by atoms with van der Waals surface area (Å²) in [6.07, 6.45) is 3.98. The standard InChI is InChI=1S/C24H35BN2O4/c1-15(2)19-20-18(27-21(19)25-30-22(3,4)23(5,6)31-25)8-7-17(26-20)16-9-11-24(12-10-16)28-13-14-29-24/h7-8,15-16,27H,9-14H2,1-6H3. The average Bonchev–Trinajstić information content (AvgIpc) is 3.36. The van der Waals surface area contributed by atoms with E-state index in [1.807, 2.05) is 0 Å². The zero-order valence-corrected chi connectivity index (χ0v) is 19.7. The van der Waals surface area contributed by atoms with Crippen LogP contribution in [0.5, 0.6) is 0 Å². The molecule has 2 aromatic heterocycles. The van der Waals surface area contributed by atoms with Gasteiger partial charge in [0.1, 0.15) is 0 Å². The van der Waals surface area contributed by atoms with Crippen molar-refractivity contribution in [3.8, 4) is 0 Å². The van der Waals surface area contributed by atoms with Crippen molar-refractivity contribution in [1.82, 2.24) is 9.97 Å². The van der Waals surface area contributed by atoms with E-state index in [1.165, 1.54) is 11.3 Å². The minimum Gasteiger partial charge on any atom is -0.398 e. The van der Waals surface area contributed by atoms with Crippen molar-refractivity contribution >= 4 is 23.7 Å². The Kier molecular flexibility index (Phi) is 5.05. The summed E-state index contributed by atoms with van der Waals surface area (Å²) in [5.74, 6) is 0.417. The second kappa shape index (κ2) is 7.31. The summed E-state index contributed by atoms with van der Waals surface area (Å²) in [4.78, 5) is 8.76. The Morgan fingerprint density at radius 3 is 2.19 bits per heavy atom. The second-order valence-electron chi connectivity index (χ2n) is 10.7. The lowest BCUT2D eigenvalue weighted by Gasteiger charge is -2.35. The summed E-state index contributed by atoms with van der Waals surface area (Å²) in [5.41, 5.74) is 4.72. The van der Waals surface area contributed by atoms with Gasteiger partial charge in [0.25, 0.3) is 0 Å². The van der Waals surface area contributed by atoms with Gasteiger partial charge in [-0.2, -0.15) is 0 Å². The Morgan fingerprint density at radius 2 is 1.61 bits per heavy atom. The summed E-state index contributed by atoms with van der Waals surface area (Å²) in [5, 5.41) is 0. The van der Waals surface area contributed by atoms with Crippen LogP contribution in [0.15, 0.2) is 12.1 Å². The van der Waals surface area contributed by atoms with Crippen molar-refractivity contribution < 1.29 is 18.8 Å². The van der Waals surface area contributed by atoms with E-state index in [2.05, 4.69) is 58.7 Å². The fourth-order valence-corrected chi connectivity index (χ4v) is 5.22. The minimum atomic E-state index is -0.411. The van der Waals surface area contributed by atoms with Crippen molar-refractivity contribution in [2.24, 2.45) is 0 Å². The molecule has 2 aromatic rings. The van der Waals surface area contributed by atoms with Crippen LogP contribution in [0.2, 0.25) is 0 Å². The monoisotopic (exact) mass is 426 g/mol. The molecular weight excluding hydrogens is 391 g/mol. The molecule has 0 aromatic carbocycles. The molecule has 0 amide bonds. The molecule has 4 heterocycles. The van der Waals surface area contributed by atoms with E-state index in [1.54, 1.807) is 0 Å². The highest BCUT2D eigenvalue weighted by atomic mass is 16.7. The summed E-state index contributed by atoms with van der Waals surface area (Å²) >= 11 is 0. The highest BCUT2D eigenvalue weighted by Crippen LogP contribution is 2.42. The Morgan fingerprint density at radius 1 is 1.00 bits per heavy atom. The lowest BCUT2D eigenvalue weighted by Crippen LogP contribution is -2.41. The molecular formula is C24H35BN2O4. The summed E-state index contributed by atoms with van der Waals surface area (Å²) in [6.45, 7) is 14.2. The van der Waals surface area contributed by atoms with Crippen molar-refractivity contribution in [2.75, 3.05) is 13.2 Å². The van der Waals surface area contributed by atoms with Gasteiger partial charge in [0.2, 0.25) is 0 Å². The summed E-state index contributed by atoms with van der Waals surface area (Å²) in [7, 11) is -0.411. The Hall–Kier alpha value is -1.41. The average molecular weight is 426 g/mol. The predicted octanol–water partition coefficient (Wildman–Crippen LogP) is 4.39. The molecule has 1 saturated carbocycles. The Balaban J connectivity index is 1.46. The molecule has 0 bridgehead atoms. The zero-order valence-electron chi connectivity index (χ0n) is 19.7. The molecule has 1 aliphatic carbocycles. The van der Waals surface area contributed by atoms with Crippen LogP contribution < -0.4 is 5.59 Å². The normalized spacial score (nSPS) is 25.3. The van der Waals surface area contributed by atoms with Gasteiger partial charge in [0.15, 0.2) is 5.79 Å². The maximum absolute atomic E-state index is 6.36. The topological polar surface area (TPSA) is 65.6 Å². The third kappa shape index (κ3) is 3.54. The maximum Gasteiger partial charge on any atom is 0.512 e. The number of hydrogen-bond donors (Lipinski definition) is 1. The largest absolute Gasteiger partial charge is 0.512 e. The van der Waals surface area contributed by atoms with E-state index < -0.39 is 7.12 Å². The van der Waals surface area contributed by atoms with Gasteiger partial charge in [-0.25, -0.2) is 0 Å². The van der Waals surface area contributed by atoms with Crippen molar-refractivity contribution in [1.29, 1.82) is 0 Å². The predicted molar refractivity (Wildman–Crippen MR) is 122 cm³/mol. The molecule has 2 aliphatic heterocycles. The van der Waals surface area contributed by atoms with Gasteiger partial charge >= 0.3 is 7.12 Å². The number of fused-ring (bicyclic) bond motifs is 1. The van der Waals surface area contributed by atoms with Gasteiger partial charge in [0, 0.05) is 24.5 Å². The van der Waals surface area contributed by atoms with Gasteiger partial charge in [-0.1, -0.05) is 13.8 Å². The van der Waals surface area contributed by atoms with E-state index in [0.29, 0.717) is 11.8 Å². The van der Waals surface area contributed by atoms with Gasteiger partial charge < -0.3 is 23.8 Å². The highest BCUT2D eigenvalue weighted by molar-refractivity contribution is 6.62. The molecule has 1 spiro atoms. The van der Waals surface area contributed by atoms with Crippen LogP contribution in [-0.2, 0) is 18.8 Å². The lowest BCUT2D eigenvalue weighted by atomic mass is 9.79. The highest BCUT2D eigenvalue weighted by Gasteiger charge is 2.53. The van der Waals surface area contributed by atoms with Crippen molar-refractivity contribution in [3.63, 3.8) is 0 Å². The first-order valence-electron chi connectivity index (χ1n) is 11.8. The number of nitrogens with zero attached hydrogens (tertiary/aromatic N) is 1. The van der Waals surface area contributed by atoms with Gasteiger partial charge in [0.05, 0.1) is 41.0 Å². The molecule has 5 rings (SSSR count). The fourth-order valence-electron chi connectivity index (χ4n) is 5.22. The third-order valence-electron chi connectivity index (χ3n) is 7.78. The minimum absolute atomic E-state index is 0.306. The first-order chi connectivity index (χ1) is 14.6. The number of ether oxygens (including phenoxy) is 2. The molecule has 168 valence electrons. The molecule has 2 saturated heterocycles. The molecule has 3 fully saturated rings. The smallest absolute Gasteiger partial charge is 0.398 e. The van der Waals surface area contributed by atoms with E-state index in [4.69, 9.17) is 23.8 Å². The number of H-pyrrole nitrogens is 1. The van der Waals surface area contributed by atoms with E-state index in [9.17, 15) is 0 Å². The zero-order chi connectivity index (χ0) is 22.0. The molecule has 6 nitrogen and oxygen atoms in total. The molecule has 7 heteroatoms. The van der Waals surface area contributed by atoms with Crippen LogP contribution >= 0.6 is 0 Å². The number of hydrogen-bond acceptors (Lipinski definition) is 5. The number of aromatic nitrogens is 2. The first kappa shape index (κ1) is 21.4. The van der Waals surface area contributed by atoms with Crippen LogP contribution in [0.25, 0.3) is 11.0 Å². The van der Waals surface area contributed by atoms with E-state index in [-0.39, 0.29) is 17.0 Å². The Bertz CT molecular complexity index is 951. The molecule has 3 aliphatic rings. The first-order valence-corrected chi connectivity index (χ1v) is 11.8. The van der Waals surface area contributed by atoms with Crippen molar-refractivity contribution in [2.45, 2.75) is 96.1 Å². The lowest BCUT2D eigenvalue weighted by molar-refractivity contribution is -0.178. The van der Waals surface area contributed by atoms with Crippen LogP contribution in [0.1, 0.15) is 90.3 Å². The molecule has 0 atom stereocenters. The molecule has 0 radical (unpaired) electrons. The number of aromatic amines is 1. The Labute approximate surface area is 185 Å². The number of pyridine rings is 1. The fraction of sp³-hybridized carbons (Fsp3) is 0.708. The van der Waals surface area contributed by atoms with Gasteiger partial charge in [-0.3, -0.25) is 4.98 Å². The molecule has 31 heavy (non-hydrogen) atoms. The SMILES string of the molecule is CC(C)c1c(B2OC(C)(C)C(C)(C)O2)[nH]c2ccc(C3CCC4(CC3)OCCO4)nc12. The van der Waals surface area contributed by atoms with Crippen LogP contribution in [-0.4, -0.2) is 47.3 Å². The number of nitrogens with one attached hydrogen (secondary N) is 1. The van der Waals surface area contributed by atoms with Crippen LogP contribution in [0.3, 0.4) is 0 Å². The molecule has 0 unspecified atom stereocenters. The third-order valence-corrected chi connectivity index (χ3v) is 7.78. The summed E-state index contributed by atoms with van der Waals surface area (Å²) in [6, 6.07) is 4.35. The van der Waals surface area contributed by atoms with Gasteiger partial charge in [-0.05, 0) is 64.2 Å². The van der Waals surface area contributed by atoms with Crippen LogP contribution in [0, 0.1) is 0 Å². The second-order valence-corrected chi connectivity index (χ2v) is 10.7. The van der Waals surface area contributed by atoms with E-state index >= 15 is 0 Å². The van der Waals surface area contributed by atoms with Crippen LogP contribution in [0.4, 0.5) is 0 Å². The van der Waals surface area contributed by atoms with E-state index in [0.717, 1.165) is 55.5 Å². The quantitative estimate of drug-likeness (QED) is 0.738. The number of rotatable bonds is 3. The van der Waals surface area contributed by atoms with Crippen molar-refractivity contribution in [3.05, 3.63) is 23.4 Å². The van der Waals surface area contributed by atoms with Gasteiger partial charge in [-0.15, -0.1) is 0 Å². The maximum atomic E-state index is 6.36. The molecule has 1 N–H and O–H groups in total.